The van der Waals surface area contributed by atoms with Gasteiger partial charge in [-0.1, -0.05) is 19.3 Å². The second kappa shape index (κ2) is 6.94. The highest BCUT2D eigenvalue weighted by molar-refractivity contribution is 5.54. The van der Waals surface area contributed by atoms with Gasteiger partial charge in [-0.3, -0.25) is 14.7 Å². The number of anilines is 1. The van der Waals surface area contributed by atoms with Crippen molar-refractivity contribution in [1.82, 2.24) is 19.5 Å². The average Bonchev–Trinajstić information content (AvgIpc) is 2.99. The Hall–Kier alpha value is -2.51. The maximum atomic E-state index is 11.4. The number of aromatic nitrogens is 4. The van der Waals surface area contributed by atoms with Gasteiger partial charge >= 0.3 is 5.69 Å². The standard InChI is InChI=1S/C16H22N6O2/c1-11-14(22(23)24)15(21-9-8-17-12(21)2)20-16(19-11)18-10-13-6-4-3-5-7-13/h8-9,13H,3-7,10H2,1-2H3,(H,18,19,20). The van der Waals surface area contributed by atoms with Crippen molar-refractivity contribution in [2.24, 2.45) is 5.92 Å². The highest BCUT2D eigenvalue weighted by Crippen LogP contribution is 2.27. The predicted octanol–water partition coefficient (Wildman–Crippen LogP) is 3.18. The summed E-state index contributed by atoms with van der Waals surface area (Å²) >= 11 is 0. The molecular weight excluding hydrogens is 308 g/mol. The highest BCUT2D eigenvalue weighted by Gasteiger charge is 2.24. The molecule has 0 radical (unpaired) electrons. The normalized spacial score (nSPS) is 15.4. The number of imidazole rings is 1. The van der Waals surface area contributed by atoms with Crippen LogP contribution in [0, 0.1) is 29.9 Å². The van der Waals surface area contributed by atoms with Gasteiger partial charge in [0.1, 0.15) is 11.5 Å². The summed E-state index contributed by atoms with van der Waals surface area (Å²) < 4.78 is 1.62. The molecule has 128 valence electrons. The predicted molar refractivity (Wildman–Crippen MR) is 90.3 cm³/mol. The van der Waals surface area contributed by atoms with Crippen molar-refractivity contribution in [3.05, 3.63) is 34.0 Å². The minimum Gasteiger partial charge on any atom is -0.354 e. The van der Waals surface area contributed by atoms with Crippen LogP contribution in [0.5, 0.6) is 0 Å². The van der Waals surface area contributed by atoms with E-state index in [1.807, 2.05) is 0 Å². The Balaban J connectivity index is 1.89. The maximum absolute atomic E-state index is 11.4. The van der Waals surface area contributed by atoms with Crippen LogP contribution in [0.3, 0.4) is 0 Å². The van der Waals surface area contributed by atoms with Gasteiger partial charge in [-0.05, 0) is 32.6 Å². The number of rotatable bonds is 5. The van der Waals surface area contributed by atoms with E-state index in [4.69, 9.17) is 0 Å². The fourth-order valence-corrected chi connectivity index (χ4v) is 3.24. The van der Waals surface area contributed by atoms with Crippen LogP contribution >= 0.6 is 0 Å². The van der Waals surface area contributed by atoms with E-state index >= 15 is 0 Å². The molecule has 8 nitrogen and oxygen atoms in total. The lowest BCUT2D eigenvalue weighted by molar-refractivity contribution is -0.385. The maximum Gasteiger partial charge on any atom is 0.333 e. The number of nitro groups is 1. The van der Waals surface area contributed by atoms with E-state index in [1.165, 1.54) is 32.1 Å². The van der Waals surface area contributed by atoms with E-state index in [9.17, 15) is 10.1 Å². The Bertz CT molecular complexity index is 736. The van der Waals surface area contributed by atoms with Crippen LogP contribution in [0.2, 0.25) is 0 Å². The Labute approximate surface area is 140 Å². The largest absolute Gasteiger partial charge is 0.354 e. The summed E-state index contributed by atoms with van der Waals surface area (Å²) in [5.74, 6) is 1.96. The summed E-state index contributed by atoms with van der Waals surface area (Å²) in [6.45, 7) is 4.23. The smallest absolute Gasteiger partial charge is 0.333 e. The molecule has 0 unspecified atom stereocenters. The molecule has 3 rings (SSSR count). The molecule has 1 N–H and O–H groups in total. The number of nitrogens with zero attached hydrogens (tertiary/aromatic N) is 5. The monoisotopic (exact) mass is 330 g/mol. The second-order valence-corrected chi connectivity index (χ2v) is 6.29. The summed E-state index contributed by atoms with van der Waals surface area (Å²) in [6, 6.07) is 0. The first-order chi connectivity index (χ1) is 11.6. The van der Waals surface area contributed by atoms with Crippen LogP contribution < -0.4 is 5.32 Å². The molecule has 2 heterocycles. The molecule has 0 atom stereocenters. The van der Waals surface area contributed by atoms with E-state index in [0.29, 0.717) is 23.4 Å². The summed E-state index contributed by atoms with van der Waals surface area (Å²) in [6.07, 6.45) is 9.56. The summed E-state index contributed by atoms with van der Waals surface area (Å²) in [7, 11) is 0. The van der Waals surface area contributed by atoms with Gasteiger partial charge in [0.2, 0.25) is 11.8 Å². The Morgan fingerprint density at radius 1 is 1.29 bits per heavy atom. The summed E-state index contributed by atoms with van der Waals surface area (Å²) in [5.41, 5.74) is 0.267. The molecule has 0 saturated heterocycles. The zero-order valence-electron chi connectivity index (χ0n) is 14.0. The third-order valence-electron chi connectivity index (χ3n) is 4.55. The lowest BCUT2D eigenvalue weighted by Crippen LogP contribution is -2.19. The lowest BCUT2D eigenvalue weighted by atomic mass is 9.89. The molecule has 0 spiro atoms. The molecule has 2 aromatic rings. The van der Waals surface area contributed by atoms with Crippen molar-refractivity contribution >= 4 is 11.6 Å². The molecule has 8 heteroatoms. The molecule has 1 aliphatic carbocycles. The van der Waals surface area contributed by atoms with Crippen molar-refractivity contribution in [2.45, 2.75) is 46.0 Å². The zero-order valence-corrected chi connectivity index (χ0v) is 14.0. The van der Waals surface area contributed by atoms with Gasteiger partial charge in [-0.25, -0.2) is 9.97 Å². The van der Waals surface area contributed by atoms with Gasteiger partial charge in [-0.15, -0.1) is 0 Å². The number of aryl methyl sites for hydroxylation is 2. The van der Waals surface area contributed by atoms with E-state index in [2.05, 4.69) is 20.3 Å². The van der Waals surface area contributed by atoms with Crippen molar-refractivity contribution < 1.29 is 4.92 Å². The second-order valence-electron chi connectivity index (χ2n) is 6.29. The molecule has 2 aromatic heterocycles. The van der Waals surface area contributed by atoms with Crippen LogP contribution in [0.15, 0.2) is 12.4 Å². The lowest BCUT2D eigenvalue weighted by Gasteiger charge is -2.21. The van der Waals surface area contributed by atoms with Gasteiger partial charge in [-0.2, -0.15) is 4.98 Å². The van der Waals surface area contributed by atoms with E-state index < -0.39 is 4.92 Å². The number of hydrogen-bond acceptors (Lipinski definition) is 6. The first-order valence-electron chi connectivity index (χ1n) is 8.33. The fraction of sp³-hybridized carbons (Fsp3) is 0.562. The van der Waals surface area contributed by atoms with Crippen molar-refractivity contribution in [3.63, 3.8) is 0 Å². The molecule has 1 saturated carbocycles. The minimum absolute atomic E-state index is 0.0840. The zero-order chi connectivity index (χ0) is 17.1. The Morgan fingerprint density at radius 3 is 2.67 bits per heavy atom. The molecule has 24 heavy (non-hydrogen) atoms. The molecule has 0 aromatic carbocycles. The van der Waals surface area contributed by atoms with Crippen LogP contribution in [-0.4, -0.2) is 31.0 Å². The van der Waals surface area contributed by atoms with Crippen LogP contribution in [-0.2, 0) is 0 Å². The van der Waals surface area contributed by atoms with Gasteiger partial charge in [0.25, 0.3) is 0 Å². The van der Waals surface area contributed by atoms with Crippen molar-refractivity contribution in [2.75, 3.05) is 11.9 Å². The van der Waals surface area contributed by atoms with Gasteiger partial charge < -0.3 is 5.32 Å². The first kappa shape index (κ1) is 16.4. The van der Waals surface area contributed by atoms with E-state index in [1.54, 1.807) is 30.8 Å². The quantitative estimate of drug-likeness (QED) is 0.668. The topological polar surface area (TPSA) is 98.8 Å². The fourth-order valence-electron chi connectivity index (χ4n) is 3.24. The van der Waals surface area contributed by atoms with Crippen molar-refractivity contribution in [3.8, 4) is 5.82 Å². The van der Waals surface area contributed by atoms with E-state index in [-0.39, 0.29) is 11.5 Å². The van der Waals surface area contributed by atoms with Crippen LogP contribution in [0.1, 0.15) is 43.6 Å². The number of nitrogens with one attached hydrogen (secondary N) is 1. The molecule has 1 fully saturated rings. The molecular formula is C16H22N6O2. The Kier molecular flexibility index (Phi) is 4.73. The molecule has 1 aliphatic rings. The third-order valence-corrected chi connectivity index (χ3v) is 4.55. The number of hydrogen-bond donors (Lipinski definition) is 1. The molecule has 0 aliphatic heterocycles. The van der Waals surface area contributed by atoms with Crippen molar-refractivity contribution in [1.29, 1.82) is 0 Å². The average molecular weight is 330 g/mol. The first-order valence-corrected chi connectivity index (χ1v) is 8.33. The summed E-state index contributed by atoms with van der Waals surface area (Å²) in [5, 5.41) is 14.7. The van der Waals surface area contributed by atoms with Crippen LogP contribution in [0.4, 0.5) is 11.6 Å². The Morgan fingerprint density at radius 2 is 2.04 bits per heavy atom. The van der Waals surface area contributed by atoms with E-state index in [0.717, 1.165) is 6.54 Å². The highest BCUT2D eigenvalue weighted by atomic mass is 16.6. The van der Waals surface area contributed by atoms with Gasteiger partial charge in [0.15, 0.2) is 0 Å². The SMILES string of the molecule is Cc1nc(NCC2CCCCC2)nc(-n2ccnc2C)c1[N+](=O)[O-]. The van der Waals surface area contributed by atoms with Gasteiger partial charge in [0, 0.05) is 18.9 Å². The molecule has 0 bridgehead atoms. The van der Waals surface area contributed by atoms with Gasteiger partial charge in [0.05, 0.1) is 4.92 Å². The van der Waals surface area contributed by atoms with Crippen LogP contribution in [0.25, 0.3) is 5.82 Å². The third kappa shape index (κ3) is 3.37. The summed E-state index contributed by atoms with van der Waals surface area (Å²) in [4.78, 5) is 23.8. The minimum atomic E-state index is -0.435. The molecule has 0 amide bonds.